The Morgan fingerprint density at radius 1 is 1.39 bits per heavy atom. The number of likely N-dealkylation sites (tertiary alicyclic amines) is 1. The van der Waals surface area contributed by atoms with Crippen molar-refractivity contribution in [2.24, 2.45) is 5.92 Å². The lowest BCUT2D eigenvalue weighted by molar-refractivity contribution is -0.149. The van der Waals surface area contributed by atoms with Gasteiger partial charge in [-0.05, 0) is 31.6 Å². The molecule has 0 aromatic heterocycles. The van der Waals surface area contributed by atoms with Crippen LogP contribution in [-0.2, 0) is 9.53 Å². The maximum absolute atomic E-state index is 12.1. The zero-order valence-electron chi connectivity index (χ0n) is 11.0. The van der Waals surface area contributed by atoms with Gasteiger partial charge in [-0.1, -0.05) is 25.0 Å². The van der Waals surface area contributed by atoms with Crippen LogP contribution in [0.5, 0.6) is 0 Å². The number of carbonyl (C=O) groups is 1. The third kappa shape index (κ3) is 1.26. The summed E-state index contributed by atoms with van der Waals surface area (Å²) in [5.41, 5.74) is 0.0353. The molecular formula is C15H21NO2. The van der Waals surface area contributed by atoms with Crippen LogP contribution in [0.4, 0.5) is 0 Å². The van der Waals surface area contributed by atoms with Crippen LogP contribution in [0.15, 0.2) is 12.2 Å². The molecule has 1 saturated carbocycles. The van der Waals surface area contributed by atoms with E-state index in [2.05, 4.69) is 17.1 Å². The Labute approximate surface area is 108 Å². The topological polar surface area (TPSA) is 29.5 Å². The summed E-state index contributed by atoms with van der Waals surface area (Å²) in [4.78, 5) is 14.2. The van der Waals surface area contributed by atoms with E-state index < -0.39 is 0 Å². The molecule has 3 atom stereocenters. The van der Waals surface area contributed by atoms with Crippen molar-refractivity contribution in [2.75, 3.05) is 6.54 Å². The molecule has 2 spiro atoms. The lowest BCUT2D eigenvalue weighted by atomic mass is 9.69. The summed E-state index contributed by atoms with van der Waals surface area (Å²) in [5.74, 6) is 0.873. The summed E-state index contributed by atoms with van der Waals surface area (Å²) in [5, 5.41) is 0. The van der Waals surface area contributed by atoms with Crippen molar-refractivity contribution in [3.05, 3.63) is 12.2 Å². The van der Waals surface area contributed by atoms with E-state index in [1.54, 1.807) is 6.92 Å². The number of hydrogen-bond donors (Lipinski definition) is 0. The molecule has 2 bridgehead atoms. The van der Waals surface area contributed by atoms with E-state index in [0.29, 0.717) is 12.0 Å². The van der Waals surface area contributed by atoms with Gasteiger partial charge in [0.25, 0.3) is 0 Å². The molecule has 0 aromatic rings. The smallest absolute Gasteiger partial charge is 0.220 e. The van der Waals surface area contributed by atoms with Gasteiger partial charge in [-0.2, -0.15) is 0 Å². The predicted molar refractivity (Wildman–Crippen MR) is 68.1 cm³/mol. The minimum Gasteiger partial charge on any atom is -0.361 e. The van der Waals surface area contributed by atoms with E-state index in [-0.39, 0.29) is 17.0 Å². The molecule has 1 aliphatic carbocycles. The zero-order valence-corrected chi connectivity index (χ0v) is 11.0. The second-order valence-corrected chi connectivity index (χ2v) is 6.64. The van der Waals surface area contributed by atoms with Gasteiger partial charge in [0, 0.05) is 12.5 Å². The molecule has 3 nitrogen and oxygen atoms in total. The molecule has 98 valence electrons. The molecule has 3 aliphatic heterocycles. The van der Waals surface area contributed by atoms with Crippen LogP contribution in [0, 0.1) is 5.92 Å². The first kappa shape index (κ1) is 11.0. The molecule has 3 heterocycles. The van der Waals surface area contributed by atoms with Crippen LogP contribution in [0.1, 0.15) is 45.4 Å². The standard InChI is InChI=1S/C15H21NO2/c1-11(17)16-10-15-7-4-13(18-15)8-12(15)9-14(16)5-2-3-6-14/h4,7,12-13H,2-3,5-6,8-10H2,1H3/t12-,13+,15+/m1/s1. The molecule has 2 saturated heterocycles. The third-order valence-electron chi connectivity index (χ3n) is 5.69. The molecule has 18 heavy (non-hydrogen) atoms. The lowest BCUT2D eigenvalue weighted by Gasteiger charge is -2.52. The fourth-order valence-electron chi connectivity index (χ4n) is 4.88. The first-order valence-corrected chi connectivity index (χ1v) is 7.29. The third-order valence-corrected chi connectivity index (χ3v) is 5.69. The van der Waals surface area contributed by atoms with E-state index in [0.717, 1.165) is 13.0 Å². The second kappa shape index (κ2) is 3.38. The highest BCUT2D eigenvalue weighted by Crippen LogP contribution is 2.55. The number of fused-ring (bicyclic) bond motifs is 1. The zero-order chi connectivity index (χ0) is 12.4. The predicted octanol–water partition coefficient (Wildman–Crippen LogP) is 2.27. The highest BCUT2D eigenvalue weighted by atomic mass is 16.5. The molecule has 3 fully saturated rings. The van der Waals surface area contributed by atoms with Crippen molar-refractivity contribution in [2.45, 2.75) is 62.7 Å². The fourth-order valence-corrected chi connectivity index (χ4v) is 4.88. The van der Waals surface area contributed by atoms with E-state index in [1.165, 1.54) is 32.1 Å². The lowest BCUT2D eigenvalue weighted by Crippen LogP contribution is -2.62. The normalized spacial score (nSPS) is 43.7. The Balaban J connectivity index is 1.72. The molecular weight excluding hydrogens is 226 g/mol. The molecule has 1 amide bonds. The van der Waals surface area contributed by atoms with Gasteiger partial charge >= 0.3 is 0 Å². The fraction of sp³-hybridized carbons (Fsp3) is 0.800. The van der Waals surface area contributed by atoms with Crippen LogP contribution in [0.3, 0.4) is 0 Å². The van der Waals surface area contributed by atoms with Crippen molar-refractivity contribution < 1.29 is 9.53 Å². The number of nitrogens with zero attached hydrogens (tertiary/aromatic N) is 1. The van der Waals surface area contributed by atoms with Crippen LogP contribution in [0.25, 0.3) is 0 Å². The maximum Gasteiger partial charge on any atom is 0.220 e. The molecule has 4 aliphatic rings. The summed E-state index contributed by atoms with van der Waals surface area (Å²) in [6.45, 7) is 2.52. The quantitative estimate of drug-likeness (QED) is 0.615. The Morgan fingerprint density at radius 3 is 2.83 bits per heavy atom. The summed E-state index contributed by atoms with van der Waals surface area (Å²) < 4.78 is 6.14. The van der Waals surface area contributed by atoms with Crippen molar-refractivity contribution in [1.29, 1.82) is 0 Å². The minimum absolute atomic E-state index is 0.135. The first-order chi connectivity index (χ1) is 8.64. The SMILES string of the molecule is CC(=O)N1C[C@@]23C=C[C@@H](C[C@@H]2CC12CCCC2)O3. The van der Waals surface area contributed by atoms with Crippen LogP contribution in [-0.4, -0.2) is 34.6 Å². The van der Waals surface area contributed by atoms with E-state index in [4.69, 9.17) is 4.74 Å². The maximum atomic E-state index is 12.1. The van der Waals surface area contributed by atoms with Gasteiger partial charge in [0.05, 0.1) is 12.6 Å². The molecule has 0 aromatic carbocycles. The Kier molecular flexibility index (Phi) is 2.07. The Hall–Kier alpha value is -0.830. The minimum atomic E-state index is -0.135. The van der Waals surface area contributed by atoms with E-state index in [1.807, 2.05) is 0 Å². The number of amides is 1. The van der Waals surface area contributed by atoms with Gasteiger partial charge in [-0.25, -0.2) is 0 Å². The van der Waals surface area contributed by atoms with Crippen LogP contribution in [0.2, 0.25) is 0 Å². The van der Waals surface area contributed by atoms with Crippen LogP contribution < -0.4 is 0 Å². The van der Waals surface area contributed by atoms with Gasteiger partial charge in [-0.15, -0.1) is 0 Å². The number of ether oxygens (including phenoxy) is 1. The summed E-state index contributed by atoms with van der Waals surface area (Å²) in [7, 11) is 0. The summed E-state index contributed by atoms with van der Waals surface area (Å²) >= 11 is 0. The Bertz CT molecular complexity index is 424. The van der Waals surface area contributed by atoms with Gasteiger partial charge in [0.2, 0.25) is 5.91 Å². The molecule has 0 radical (unpaired) electrons. The van der Waals surface area contributed by atoms with E-state index in [9.17, 15) is 4.79 Å². The monoisotopic (exact) mass is 247 g/mol. The van der Waals surface area contributed by atoms with Crippen LogP contribution >= 0.6 is 0 Å². The largest absolute Gasteiger partial charge is 0.361 e. The first-order valence-electron chi connectivity index (χ1n) is 7.29. The number of carbonyl (C=O) groups excluding carboxylic acids is 1. The highest BCUT2D eigenvalue weighted by molar-refractivity contribution is 5.75. The van der Waals surface area contributed by atoms with Gasteiger partial charge < -0.3 is 9.64 Å². The molecule has 0 unspecified atom stereocenters. The van der Waals surface area contributed by atoms with Gasteiger partial charge in [0.15, 0.2) is 0 Å². The van der Waals surface area contributed by atoms with Gasteiger partial charge in [-0.3, -0.25) is 4.79 Å². The second-order valence-electron chi connectivity index (χ2n) is 6.64. The average molecular weight is 247 g/mol. The summed E-state index contributed by atoms with van der Waals surface area (Å²) in [6.07, 6.45) is 12.1. The molecule has 0 N–H and O–H groups in total. The summed E-state index contributed by atoms with van der Waals surface area (Å²) in [6, 6.07) is 0. The number of piperidine rings is 1. The van der Waals surface area contributed by atoms with Crippen molar-refractivity contribution >= 4 is 5.91 Å². The number of rotatable bonds is 0. The highest BCUT2D eigenvalue weighted by Gasteiger charge is 2.59. The molecule has 4 rings (SSSR count). The van der Waals surface area contributed by atoms with Crippen molar-refractivity contribution in [3.8, 4) is 0 Å². The molecule has 3 heteroatoms. The Morgan fingerprint density at radius 2 is 2.17 bits per heavy atom. The van der Waals surface area contributed by atoms with E-state index >= 15 is 0 Å². The number of hydrogen-bond acceptors (Lipinski definition) is 2. The van der Waals surface area contributed by atoms with Gasteiger partial charge in [0.1, 0.15) is 5.60 Å². The van der Waals surface area contributed by atoms with Crippen molar-refractivity contribution in [1.82, 2.24) is 4.90 Å². The average Bonchev–Trinajstić information content (AvgIpc) is 3.01. The van der Waals surface area contributed by atoms with Crippen molar-refractivity contribution in [3.63, 3.8) is 0 Å².